The molecule has 0 saturated heterocycles. The van der Waals surface area contributed by atoms with Gasteiger partial charge in [-0.25, -0.2) is 0 Å². The van der Waals surface area contributed by atoms with Gasteiger partial charge in [0.25, 0.3) is 0 Å². The highest BCUT2D eigenvalue weighted by atomic mass is 16.5. The number of carboxylic acid groups (broad SMARTS) is 1. The first kappa shape index (κ1) is 22.8. The number of aliphatic carboxylic acids is 1. The van der Waals surface area contributed by atoms with Gasteiger partial charge >= 0.3 is 5.97 Å². The summed E-state index contributed by atoms with van der Waals surface area (Å²) < 4.78 is 5.18. The fourth-order valence-electron chi connectivity index (χ4n) is 4.00. The number of nitrogens with one attached hydrogen (secondary N) is 1. The number of carbonyl (C=O) groups is 2. The van der Waals surface area contributed by atoms with Crippen molar-refractivity contribution in [2.24, 2.45) is 17.8 Å². The van der Waals surface area contributed by atoms with Crippen LogP contribution in [0.4, 0.5) is 11.4 Å². The van der Waals surface area contributed by atoms with E-state index >= 15 is 0 Å². The standard InChI is InChI=1S/C24H33N3O4/c1-14(2)12-27(13-15(3)4)22-7-6-17(19-11-20(19)24(29)30)9-21(22)25-23(28)10-18-8-16(5)26-31-18/h6-9,14-15,19-20H,10-13H2,1-5H3,(H,25,28)(H,29,30). The Hall–Kier alpha value is -2.83. The van der Waals surface area contributed by atoms with Crippen molar-refractivity contribution in [3.63, 3.8) is 0 Å². The molecule has 2 unspecified atom stereocenters. The van der Waals surface area contributed by atoms with Crippen LogP contribution in [-0.2, 0) is 16.0 Å². The number of carboxylic acids is 1. The van der Waals surface area contributed by atoms with E-state index in [0.717, 1.165) is 35.7 Å². The maximum Gasteiger partial charge on any atom is 0.307 e. The molecule has 1 aromatic heterocycles. The van der Waals surface area contributed by atoms with Crippen molar-refractivity contribution in [3.8, 4) is 0 Å². The van der Waals surface area contributed by atoms with Crippen LogP contribution in [0.25, 0.3) is 0 Å². The molecule has 0 aliphatic heterocycles. The van der Waals surface area contributed by atoms with Gasteiger partial charge in [-0.3, -0.25) is 9.59 Å². The Morgan fingerprint density at radius 2 is 1.87 bits per heavy atom. The first-order chi connectivity index (χ1) is 14.6. The highest BCUT2D eigenvalue weighted by molar-refractivity contribution is 5.95. The molecule has 7 heteroatoms. The number of benzene rings is 1. The Morgan fingerprint density at radius 3 is 2.39 bits per heavy atom. The number of rotatable bonds is 10. The molecule has 0 radical (unpaired) electrons. The molecule has 7 nitrogen and oxygen atoms in total. The molecule has 3 rings (SSSR count). The highest BCUT2D eigenvalue weighted by Gasteiger charge is 2.44. The van der Waals surface area contributed by atoms with Gasteiger partial charge in [0.15, 0.2) is 0 Å². The molecule has 2 aromatic rings. The third-order valence-corrected chi connectivity index (χ3v) is 5.35. The van der Waals surface area contributed by atoms with Gasteiger partial charge in [-0.05, 0) is 48.8 Å². The van der Waals surface area contributed by atoms with E-state index < -0.39 is 5.97 Å². The topological polar surface area (TPSA) is 95.7 Å². The van der Waals surface area contributed by atoms with Crippen molar-refractivity contribution in [1.29, 1.82) is 0 Å². The molecular formula is C24H33N3O4. The zero-order valence-electron chi connectivity index (χ0n) is 19.0. The molecule has 1 aromatic carbocycles. The lowest BCUT2D eigenvalue weighted by molar-refractivity contribution is -0.138. The minimum Gasteiger partial charge on any atom is -0.481 e. The second-order valence-corrected chi connectivity index (χ2v) is 9.42. The second kappa shape index (κ2) is 9.54. The molecule has 1 amide bonds. The fourth-order valence-corrected chi connectivity index (χ4v) is 4.00. The van der Waals surface area contributed by atoms with E-state index in [-0.39, 0.29) is 24.2 Å². The van der Waals surface area contributed by atoms with E-state index in [1.807, 2.05) is 25.1 Å². The maximum atomic E-state index is 12.8. The predicted molar refractivity (Wildman–Crippen MR) is 120 cm³/mol. The summed E-state index contributed by atoms with van der Waals surface area (Å²) in [5, 5.41) is 16.2. The molecule has 2 atom stereocenters. The van der Waals surface area contributed by atoms with E-state index in [1.165, 1.54) is 0 Å². The van der Waals surface area contributed by atoms with Crippen molar-refractivity contribution in [3.05, 3.63) is 41.3 Å². The minimum absolute atomic E-state index is 0.00257. The predicted octanol–water partition coefficient (Wildman–Crippen LogP) is 4.47. The molecule has 0 spiro atoms. The third kappa shape index (κ3) is 6.09. The van der Waals surface area contributed by atoms with Gasteiger partial charge in [-0.15, -0.1) is 0 Å². The van der Waals surface area contributed by atoms with Crippen molar-refractivity contribution >= 4 is 23.3 Å². The van der Waals surface area contributed by atoms with Crippen LogP contribution in [-0.4, -0.2) is 35.2 Å². The van der Waals surface area contributed by atoms with Gasteiger partial charge in [-0.2, -0.15) is 0 Å². The summed E-state index contributed by atoms with van der Waals surface area (Å²) >= 11 is 0. The van der Waals surface area contributed by atoms with Crippen molar-refractivity contribution in [2.75, 3.05) is 23.3 Å². The van der Waals surface area contributed by atoms with Crippen molar-refractivity contribution in [2.45, 2.75) is 53.4 Å². The number of amides is 1. The van der Waals surface area contributed by atoms with Gasteiger partial charge in [-0.1, -0.05) is 38.9 Å². The van der Waals surface area contributed by atoms with Crippen LogP contribution in [0.3, 0.4) is 0 Å². The molecule has 31 heavy (non-hydrogen) atoms. The van der Waals surface area contributed by atoms with Crippen LogP contribution in [0.1, 0.15) is 57.1 Å². The molecule has 0 bridgehead atoms. The average molecular weight is 428 g/mol. The van der Waals surface area contributed by atoms with Crippen LogP contribution in [0, 0.1) is 24.7 Å². The lowest BCUT2D eigenvalue weighted by atomic mass is 10.0. The maximum absolute atomic E-state index is 12.8. The van der Waals surface area contributed by atoms with Crippen LogP contribution in [0.15, 0.2) is 28.8 Å². The molecule has 2 N–H and O–H groups in total. The first-order valence-electron chi connectivity index (χ1n) is 11.0. The highest BCUT2D eigenvalue weighted by Crippen LogP contribution is 2.49. The summed E-state index contributed by atoms with van der Waals surface area (Å²) in [6.07, 6.45) is 0.737. The van der Waals surface area contributed by atoms with Crippen molar-refractivity contribution in [1.82, 2.24) is 5.16 Å². The zero-order valence-corrected chi connectivity index (χ0v) is 19.0. The second-order valence-electron chi connectivity index (χ2n) is 9.42. The number of aromatic nitrogens is 1. The number of aryl methyl sites for hydroxylation is 1. The number of anilines is 2. The molecule has 1 heterocycles. The number of hydrogen-bond donors (Lipinski definition) is 2. The van der Waals surface area contributed by atoms with E-state index in [9.17, 15) is 14.7 Å². The Morgan fingerprint density at radius 1 is 1.19 bits per heavy atom. The van der Waals surface area contributed by atoms with Gasteiger partial charge in [0.05, 0.1) is 29.4 Å². The minimum atomic E-state index is -0.762. The summed E-state index contributed by atoms with van der Waals surface area (Å²) in [4.78, 5) is 26.4. The monoisotopic (exact) mass is 427 g/mol. The quantitative estimate of drug-likeness (QED) is 0.581. The fraction of sp³-hybridized carbons (Fsp3) is 0.542. The van der Waals surface area contributed by atoms with E-state index in [4.69, 9.17) is 4.52 Å². The third-order valence-electron chi connectivity index (χ3n) is 5.35. The van der Waals surface area contributed by atoms with E-state index in [2.05, 4.69) is 43.1 Å². The van der Waals surface area contributed by atoms with Crippen LogP contribution in [0.2, 0.25) is 0 Å². The van der Waals surface area contributed by atoms with E-state index in [0.29, 0.717) is 24.0 Å². The van der Waals surface area contributed by atoms with Gasteiger partial charge < -0.3 is 19.8 Å². The summed E-state index contributed by atoms with van der Waals surface area (Å²) in [6, 6.07) is 7.72. The summed E-state index contributed by atoms with van der Waals surface area (Å²) in [6.45, 7) is 12.2. The van der Waals surface area contributed by atoms with Gasteiger partial charge in [0.1, 0.15) is 5.76 Å². The van der Waals surface area contributed by atoms with Gasteiger partial charge in [0.2, 0.25) is 5.91 Å². The van der Waals surface area contributed by atoms with E-state index in [1.54, 1.807) is 6.07 Å². The Balaban J connectivity index is 1.89. The summed E-state index contributed by atoms with van der Waals surface area (Å²) in [5.41, 5.74) is 3.37. The largest absolute Gasteiger partial charge is 0.481 e. The lowest BCUT2D eigenvalue weighted by Crippen LogP contribution is -2.32. The first-order valence-corrected chi connectivity index (χ1v) is 11.0. The van der Waals surface area contributed by atoms with Gasteiger partial charge in [0, 0.05) is 19.2 Å². The lowest BCUT2D eigenvalue weighted by Gasteiger charge is -2.30. The summed E-state index contributed by atoms with van der Waals surface area (Å²) in [7, 11) is 0. The average Bonchev–Trinajstić information content (AvgIpc) is 3.37. The molecule has 1 saturated carbocycles. The van der Waals surface area contributed by atoms with Crippen LogP contribution >= 0.6 is 0 Å². The number of carbonyl (C=O) groups excluding carboxylic acids is 1. The summed E-state index contributed by atoms with van der Waals surface area (Å²) in [5.74, 6) is 0.146. The molecule has 1 aliphatic carbocycles. The SMILES string of the molecule is Cc1cc(CC(=O)Nc2cc(C3CC3C(=O)O)ccc2N(CC(C)C)CC(C)C)on1. The van der Waals surface area contributed by atoms with Crippen LogP contribution < -0.4 is 10.2 Å². The normalized spacial score (nSPS) is 17.8. The number of hydrogen-bond acceptors (Lipinski definition) is 5. The van der Waals surface area contributed by atoms with Crippen LogP contribution in [0.5, 0.6) is 0 Å². The molecule has 168 valence electrons. The Kier molecular flexibility index (Phi) is 7.03. The molecule has 1 aliphatic rings. The zero-order chi connectivity index (χ0) is 22.7. The van der Waals surface area contributed by atoms with Crippen molar-refractivity contribution < 1.29 is 19.2 Å². The Labute approximate surface area is 183 Å². The smallest absolute Gasteiger partial charge is 0.307 e. The number of nitrogens with zero attached hydrogens (tertiary/aromatic N) is 2. The molecule has 1 fully saturated rings. The molecular weight excluding hydrogens is 394 g/mol. The Bertz CT molecular complexity index is 925.